The van der Waals surface area contributed by atoms with Crippen LogP contribution in [-0.4, -0.2) is 44.8 Å². The zero-order chi connectivity index (χ0) is 24.5. The highest BCUT2D eigenvalue weighted by molar-refractivity contribution is 5.97. The van der Waals surface area contributed by atoms with Crippen LogP contribution in [0.1, 0.15) is 60.9 Å². The molecule has 0 aliphatic carbocycles. The third-order valence-corrected chi connectivity index (χ3v) is 6.52. The lowest BCUT2D eigenvalue weighted by Gasteiger charge is -2.41. The monoisotopic (exact) mass is 461 g/mol. The number of aromatic nitrogens is 1. The zero-order valence-corrected chi connectivity index (χ0v) is 20.3. The molecule has 178 valence electrons. The summed E-state index contributed by atoms with van der Waals surface area (Å²) in [7, 11) is 0. The minimum atomic E-state index is -0.570. The van der Waals surface area contributed by atoms with Crippen molar-refractivity contribution in [2.45, 2.75) is 52.2 Å². The standard InChI is InChI=1S/C28H32FN3O2/c1-5-20-12-14-21(15-13-20)27(34)32(28(2,3)4)19-25(33)31-18-17-30-16-8-11-24(30)26(31)22-9-6-7-10-23(22)29/h6-16,26H,5,17-19H2,1-4H3. The number of amides is 2. The number of rotatable bonds is 5. The second kappa shape index (κ2) is 9.45. The van der Waals surface area contributed by atoms with E-state index in [2.05, 4.69) is 11.5 Å². The summed E-state index contributed by atoms with van der Waals surface area (Å²) in [5.41, 5.74) is 2.46. The van der Waals surface area contributed by atoms with E-state index >= 15 is 0 Å². The lowest BCUT2D eigenvalue weighted by molar-refractivity contribution is -0.135. The summed E-state index contributed by atoms with van der Waals surface area (Å²) < 4.78 is 16.9. The second-order valence-corrected chi connectivity index (χ2v) is 9.75. The van der Waals surface area contributed by atoms with E-state index < -0.39 is 11.6 Å². The van der Waals surface area contributed by atoms with Gasteiger partial charge >= 0.3 is 0 Å². The first kappa shape index (κ1) is 23.7. The smallest absolute Gasteiger partial charge is 0.254 e. The SMILES string of the molecule is CCc1ccc(C(=O)N(CC(=O)N2CCn3cccc3C2c2ccccc2F)C(C)(C)C)cc1. The highest BCUT2D eigenvalue weighted by atomic mass is 19.1. The van der Waals surface area contributed by atoms with Crippen molar-refractivity contribution in [3.8, 4) is 0 Å². The molecular weight excluding hydrogens is 429 g/mol. The first-order chi connectivity index (χ1) is 16.2. The zero-order valence-electron chi connectivity index (χ0n) is 20.3. The molecule has 1 aliphatic heterocycles. The predicted molar refractivity (Wildman–Crippen MR) is 131 cm³/mol. The Morgan fingerprint density at radius 1 is 1.00 bits per heavy atom. The molecule has 1 aliphatic rings. The van der Waals surface area contributed by atoms with Gasteiger partial charge in [-0.05, 0) is 63.1 Å². The molecular formula is C28H32FN3O2. The number of nitrogens with zero attached hydrogens (tertiary/aromatic N) is 3. The lowest BCUT2D eigenvalue weighted by Crippen LogP contribution is -2.53. The van der Waals surface area contributed by atoms with Crippen LogP contribution in [-0.2, 0) is 17.8 Å². The second-order valence-electron chi connectivity index (χ2n) is 9.75. The lowest BCUT2D eigenvalue weighted by atomic mass is 9.98. The molecule has 0 spiro atoms. The Balaban J connectivity index is 1.65. The van der Waals surface area contributed by atoms with E-state index in [1.165, 1.54) is 6.07 Å². The molecule has 0 radical (unpaired) electrons. The van der Waals surface area contributed by atoms with Gasteiger partial charge < -0.3 is 14.4 Å². The predicted octanol–water partition coefficient (Wildman–Crippen LogP) is 5.06. The van der Waals surface area contributed by atoms with Crippen molar-refractivity contribution in [3.63, 3.8) is 0 Å². The molecule has 4 rings (SSSR count). The minimum Gasteiger partial charge on any atom is -0.348 e. The van der Waals surface area contributed by atoms with E-state index in [4.69, 9.17) is 0 Å². The molecule has 2 heterocycles. The van der Waals surface area contributed by atoms with Crippen molar-refractivity contribution in [3.05, 3.63) is 95.1 Å². The van der Waals surface area contributed by atoms with Crippen LogP contribution in [0.3, 0.4) is 0 Å². The van der Waals surface area contributed by atoms with Gasteiger partial charge in [-0.15, -0.1) is 0 Å². The molecule has 2 amide bonds. The number of fused-ring (bicyclic) bond motifs is 1. The third kappa shape index (κ3) is 4.63. The number of benzene rings is 2. The number of hydrogen-bond acceptors (Lipinski definition) is 2. The Hall–Kier alpha value is -3.41. The van der Waals surface area contributed by atoms with Crippen molar-refractivity contribution in [1.29, 1.82) is 0 Å². The van der Waals surface area contributed by atoms with Gasteiger partial charge in [0.1, 0.15) is 18.4 Å². The fourth-order valence-electron chi connectivity index (χ4n) is 4.55. The van der Waals surface area contributed by atoms with Crippen molar-refractivity contribution < 1.29 is 14.0 Å². The number of carbonyl (C=O) groups is 2. The Labute approximate surface area is 200 Å². The van der Waals surface area contributed by atoms with Crippen LogP contribution in [0, 0.1) is 5.82 Å². The maximum atomic E-state index is 14.9. The first-order valence-electron chi connectivity index (χ1n) is 11.8. The van der Waals surface area contributed by atoms with E-state index in [1.54, 1.807) is 28.0 Å². The number of halogens is 1. The van der Waals surface area contributed by atoms with Gasteiger partial charge in [-0.25, -0.2) is 4.39 Å². The molecule has 1 atom stereocenters. The molecule has 0 N–H and O–H groups in total. The molecule has 6 heteroatoms. The van der Waals surface area contributed by atoms with E-state index in [1.807, 2.05) is 63.4 Å². The van der Waals surface area contributed by atoms with E-state index in [0.717, 1.165) is 17.7 Å². The highest BCUT2D eigenvalue weighted by Crippen LogP contribution is 2.34. The van der Waals surface area contributed by atoms with Gasteiger partial charge in [0.05, 0.1) is 0 Å². The summed E-state index contributed by atoms with van der Waals surface area (Å²) >= 11 is 0. The molecule has 0 fully saturated rings. The maximum absolute atomic E-state index is 14.9. The van der Waals surface area contributed by atoms with Crippen LogP contribution in [0.15, 0.2) is 66.9 Å². The number of hydrogen-bond donors (Lipinski definition) is 0. The average molecular weight is 462 g/mol. The van der Waals surface area contributed by atoms with Gasteiger partial charge in [-0.3, -0.25) is 9.59 Å². The fraction of sp³-hybridized carbons (Fsp3) is 0.357. The number of carbonyl (C=O) groups excluding carboxylic acids is 2. The molecule has 0 bridgehead atoms. The Bertz CT molecular complexity index is 1180. The van der Waals surface area contributed by atoms with Crippen LogP contribution < -0.4 is 0 Å². The Morgan fingerprint density at radius 2 is 1.71 bits per heavy atom. The molecule has 2 aromatic carbocycles. The molecule has 5 nitrogen and oxygen atoms in total. The maximum Gasteiger partial charge on any atom is 0.254 e. The Kier molecular flexibility index (Phi) is 6.60. The topological polar surface area (TPSA) is 45.6 Å². The van der Waals surface area contributed by atoms with E-state index in [-0.39, 0.29) is 24.2 Å². The van der Waals surface area contributed by atoms with Gasteiger partial charge in [0.25, 0.3) is 5.91 Å². The van der Waals surface area contributed by atoms with Gasteiger partial charge in [-0.2, -0.15) is 0 Å². The van der Waals surface area contributed by atoms with Gasteiger partial charge in [0.2, 0.25) is 5.91 Å². The van der Waals surface area contributed by atoms with Crippen molar-refractivity contribution in [2.24, 2.45) is 0 Å². The third-order valence-electron chi connectivity index (χ3n) is 6.52. The molecule has 1 unspecified atom stereocenters. The van der Waals surface area contributed by atoms with Crippen LogP contribution >= 0.6 is 0 Å². The quantitative estimate of drug-likeness (QED) is 0.533. The molecule has 3 aromatic rings. The molecule has 34 heavy (non-hydrogen) atoms. The summed E-state index contributed by atoms with van der Waals surface area (Å²) in [5, 5.41) is 0. The molecule has 0 saturated carbocycles. The summed E-state index contributed by atoms with van der Waals surface area (Å²) in [6.45, 7) is 8.83. The van der Waals surface area contributed by atoms with Crippen molar-refractivity contribution in [2.75, 3.05) is 13.1 Å². The van der Waals surface area contributed by atoms with Crippen LogP contribution in [0.25, 0.3) is 0 Å². The summed E-state index contributed by atoms with van der Waals surface area (Å²) in [6.07, 6.45) is 2.85. The van der Waals surface area contributed by atoms with Crippen LogP contribution in [0.5, 0.6) is 0 Å². The van der Waals surface area contributed by atoms with Gasteiger partial charge in [0, 0.05) is 41.6 Å². The van der Waals surface area contributed by atoms with Crippen LogP contribution in [0.4, 0.5) is 4.39 Å². The highest BCUT2D eigenvalue weighted by Gasteiger charge is 2.37. The minimum absolute atomic E-state index is 0.0798. The summed E-state index contributed by atoms with van der Waals surface area (Å²) in [5.74, 6) is -0.736. The van der Waals surface area contributed by atoms with Crippen LogP contribution in [0.2, 0.25) is 0 Å². The number of aryl methyl sites for hydroxylation is 1. The summed E-state index contributed by atoms with van der Waals surface area (Å²) in [6, 6.07) is 17.4. The van der Waals surface area contributed by atoms with E-state index in [9.17, 15) is 14.0 Å². The average Bonchev–Trinajstić information content (AvgIpc) is 3.30. The Morgan fingerprint density at radius 3 is 2.35 bits per heavy atom. The van der Waals surface area contributed by atoms with Crippen molar-refractivity contribution >= 4 is 11.8 Å². The summed E-state index contributed by atoms with van der Waals surface area (Å²) in [4.78, 5) is 30.5. The van der Waals surface area contributed by atoms with Gasteiger partial charge in [-0.1, -0.05) is 37.3 Å². The largest absolute Gasteiger partial charge is 0.348 e. The normalized spacial score (nSPS) is 15.7. The van der Waals surface area contributed by atoms with E-state index in [0.29, 0.717) is 24.2 Å². The van der Waals surface area contributed by atoms with Gasteiger partial charge in [0.15, 0.2) is 0 Å². The van der Waals surface area contributed by atoms with Crippen molar-refractivity contribution in [1.82, 2.24) is 14.4 Å². The first-order valence-corrected chi connectivity index (χ1v) is 11.8. The molecule has 1 aromatic heterocycles. The molecule has 0 saturated heterocycles. The fourth-order valence-corrected chi connectivity index (χ4v) is 4.55.